The summed E-state index contributed by atoms with van der Waals surface area (Å²) in [5, 5.41) is 0.711. The lowest BCUT2D eigenvalue weighted by atomic mass is 10.1. The lowest BCUT2D eigenvalue weighted by Crippen LogP contribution is -2.05. The van der Waals surface area contributed by atoms with Crippen molar-refractivity contribution < 1.29 is 18.7 Å². The standard InChI is InChI=1S/C16H16O5/c1-3-4-5-15(17)20-10-11-8-16(18)21-14-9-12(19-2)6-7-13(11)14/h4-9H,3,10H2,1-2H3/b5-4+. The quantitative estimate of drug-likeness (QED) is 0.481. The van der Waals surface area contributed by atoms with Gasteiger partial charge in [0.25, 0.3) is 0 Å². The van der Waals surface area contributed by atoms with Gasteiger partial charge in [-0.1, -0.05) is 13.0 Å². The third-order valence-electron chi connectivity index (χ3n) is 2.90. The zero-order valence-electron chi connectivity index (χ0n) is 11.9. The second kappa shape index (κ2) is 6.74. The fraction of sp³-hybridized carbons (Fsp3) is 0.250. The van der Waals surface area contributed by atoms with Gasteiger partial charge in [0.1, 0.15) is 17.9 Å². The number of hydrogen-bond acceptors (Lipinski definition) is 5. The molecule has 0 spiro atoms. The minimum Gasteiger partial charge on any atom is -0.497 e. The zero-order chi connectivity index (χ0) is 15.2. The molecule has 1 aromatic heterocycles. The summed E-state index contributed by atoms with van der Waals surface area (Å²) in [6, 6.07) is 6.47. The van der Waals surface area contributed by atoms with Gasteiger partial charge in [-0.2, -0.15) is 0 Å². The van der Waals surface area contributed by atoms with Crippen molar-refractivity contribution in [2.45, 2.75) is 20.0 Å². The molecule has 0 saturated heterocycles. The summed E-state index contributed by atoms with van der Waals surface area (Å²) >= 11 is 0. The maximum absolute atomic E-state index is 11.6. The molecular weight excluding hydrogens is 272 g/mol. The molecule has 21 heavy (non-hydrogen) atoms. The second-order valence-corrected chi connectivity index (χ2v) is 4.37. The van der Waals surface area contributed by atoms with Gasteiger partial charge in [0.05, 0.1) is 7.11 Å². The van der Waals surface area contributed by atoms with E-state index in [0.29, 0.717) is 22.3 Å². The third-order valence-corrected chi connectivity index (χ3v) is 2.90. The Labute approximate surface area is 121 Å². The summed E-state index contributed by atoms with van der Waals surface area (Å²) in [5.41, 5.74) is 0.505. The molecule has 2 aromatic rings. The Morgan fingerprint density at radius 1 is 1.33 bits per heavy atom. The zero-order valence-corrected chi connectivity index (χ0v) is 11.9. The van der Waals surface area contributed by atoms with Gasteiger partial charge >= 0.3 is 11.6 Å². The highest BCUT2D eigenvalue weighted by atomic mass is 16.5. The number of carbonyl (C=O) groups excluding carboxylic acids is 1. The van der Waals surface area contributed by atoms with Crippen molar-refractivity contribution in [2.75, 3.05) is 7.11 Å². The van der Waals surface area contributed by atoms with E-state index < -0.39 is 11.6 Å². The van der Waals surface area contributed by atoms with Crippen molar-refractivity contribution in [3.63, 3.8) is 0 Å². The highest BCUT2D eigenvalue weighted by Gasteiger charge is 2.08. The largest absolute Gasteiger partial charge is 0.497 e. The van der Waals surface area contributed by atoms with Crippen molar-refractivity contribution in [3.8, 4) is 5.75 Å². The van der Waals surface area contributed by atoms with Crippen LogP contribution in [0.3, 0.4) is 0 Å². The second-order valence-electron chi connectivity index (χ2n) is 4.37. The fourth-order valence-electron chi connectivity index (χ4n) is 1.87. The molecule has 0 radical (unpaired) electrons. The summed E-state index contributed by atoms with van der Waals surface area (Å²) in [7, 11) is 1.53. The molecular formula is C16H16O5. The number of methoxy groups -OCH3 is 1. The molecule has 2 rings (SSSR count). The Bertz CT molecular complexity index is 727. The summed E-state index contributed by atoms with van der Waals surface area (Å²) in [4.78, 5) is 23.0. The summed E-state index contributed by atoms with van der Waals surface area (Å²) in [5.74, 6) is 0.150. The first-order valence-electron chi connectivity index (χ1n) is 6.58. The number of benzene rings is 1. The van der Waals surface area contributed by atoms with Crippen molar-refractivity contribution in [2.24, 2.45) is 0 Å². The number of rotatable bonds is 5. The maximum Gasteiger partial charge on any atom is 0.336 e. The molecule has 0 aliphatic rings. The Kier molecular flexibility index (Phi) is 4.77. The van der Waals surface area contributed by atoms with Crippen LogP contribution in [-0.2, 0) is 16.1 Å². The SMILES string of the molecule is CC/C=C/C(=O)OCc1cc(=O)oc2cc(OC)ccc12. The van der Waals surface area contributed by atoms with E-state index in [0.717, 1.165) is 6.42 Å². The van der Waals surface area contributed by atoms with Gasteiger partial charge in [0.2, 0.25) is 0 Å². The first kappa shape index (κ1) is 14.8. The normalized spacial score (nSPS) is 11.0. The predicted molar refractivity (Wildman–Crippen MR) is 78.3 cm³/mol. The summed E-state index contributed by atoms with van der Waals surface area (Å²) in [6.45, 7) is 1.94. The molecule has 1 heterocycles. The van der Waals surface area contributed by atoms with Crippen LogP contribution in [-0.4, -0.2) is 13.1 Å². The van der Waals surface area contributed by atoms with Crippen LogP contribution < -0.4 is 10.4 Å². The number of allylic oxidation sites excluding steroid dienone is 1. The van der Waals surface area contributed by atoms with Gasteiger partial charge in [-0.25, -0.2) is 9.59 Å². The molecule has 0 atom stereocenters. The van der Waals surface area contributed by atoms with E-state index in [-0.39, 0.29) is 6.61 Å². The number of esters is 1. The van der Waals surface area contributed by atoms with Crippen LogP contribution in [0.5, 0.6) is 5.75 Å². The van der Waals surface area contributed by atoms with Crippen molar-refractivity contribution in [1.29, 1.82) is 0 Å². The molecule has 5 nitrogen and oxygen atoms in total. The lowest BCUT2D eigenvalue weighted by molar-refractivity contribution is -0.138. The average molecular weight is 288 g/mol. The van der Waals surface area contributed by atoms with E-state index in [2.05, 4.69) is 0 Å². The van der Waals surface area contributed by atoms with Crippen LogP contribution in [0, 0.1) is 0 Å². The van der Waals surface area contributed by atoms with Crippen molar-refractivity contribution >= 4 is 16.9 Å². The van der Waals surface area contributed by atoms with E-state index in [4.69, 9.17) is 13.9 Å². The fourth-order valence-corrected chi connectivity index (χ4v) is 1.87. The van der Waals surface area contributed by atoms with Crippen molar-refractivity contribution in [1.82, 2.24) is 0 Å². The molecule has 0 aliphatic carbocycles. The highest BCUT2D eigenvalue weighted by Crippen LogP contribution is 2.22. The number of hydrogen-bond donors (Lipinski definition) is 0. The van der Waals surface area contributed by atoms with Crippen LogP contribution in [0.2, 0.25) is 0 Å². The van der Waals surface area contributed by atoms with Gasteiger partial charge in [-0.05, 0) is 18.6 Å². The Hall–Kier alpha value is -2.56. The predicted octanol–water partition coefficient (Wildman–Crippen LogP) is 2.81. The molecule has 0 unspecified atom stereocenters. The first-order valence-corrected chi connectivity index (χ1v) is 6.58. The summed E-state index contributed by atoms with van der Waals surface area (Å²) in [6.07, 6.45) is 3.84. The van der Waals surface area contributed by atoms with Gasteiger partial charge in [-0.3, -0.25) is 0 Å². The summed E-state index contributed by atoms with van der Waals surface area (Å²) < 4.78 is 15.3. The number of carbonyl (C=O) groups is 1. The van der Waals surface area contributed by atoms with Gasteiger partial charge in [-0.15, -0.1) is 0 Å². The first-order chi connectivity index (χ1) is 10.1. The molecule has 0 saturated carbocycles. The molecule has 110 valence electrons. The average Bonchev–Trinajstić information content (AvgIpc) is 2.49. The number of fused-ring (bicyclic) bond motifs is 1. The minimum absolute atomic E-state index is 0.0152. The smallest absolute Gasteiger partial charge is 0.336 e. The minimum atomic E-state index is -0.495. The Morgan fingerprint density at radius 2 is 2.14 bits per heavy atom. The Morgan fingerprint density at radius 3 is 2.86 bits per heavy atom. The van der Waals surface area contributed by atoms with Crippen LogP contribution in [0.1, 0.15) is 18.9 Å². The number of ether oxygens (including phenoxy) is 2. The van der Waals surface area contributed by atoms with Crippen LogP contribution in [0.15, 0.2) is 45.6 Å². The van der Waals surface area contributed by atoms with E-state index in [1.807, 2.05) is 6.92 Å². The topological polar surface area (TPSA) is 65.7 Å². The molecule has 0 N–H and O–H groups in total. The maximum atomic E-state index is 11.6. The van der Waals surface area contributed by atoms with E-state index in [9.17, 15) is 9.59 Å². The molecule has 0 bridgehead atoms. The third kappa shape index (κ3) is 3.72. The molecule has 0 aliphatic heterocycles. The Balaban J connectivity index is 2.29. The van der Waals surface area contributed by atoms with E-state index >= 15 is 0 Å². The highest BCUT2D eigenvalue weighted by molar-refractivity contribution is 5.83. The van der Waals surface area contributed by atoms with Crippen LogP contribution in [0.25, 0.3) is 11.0 Å². The lowest BCUT2D eigenvalue weighted by Gasteiger charge is -2.07. The molecule has 1 aromatic carbocycles. The van der Waals surface area contributed by atoms with Gasteiger partial charge in [0, 0.05) is 29.2 Å². The molecule has 0 fully saturated rings. The van der Waals surface area contributed by atoms with Crippen LogP contribution >= 0.6 is 0 Å². The molecule has 0 amide bonds. The molecule has 5 heteroatoms. The van der Waals surface area contributed by atoms with Gasteiger partial charge < -0.3 is 13.9 Å². The van der Waals surface area contributed by atoms with E-state index in [1.54, 1.807) is 24.3 Å². The van der Waals surface area contributed by atoms with Gasteiger partial charge in [0.15, 0.2) is 0 Å². The van der Waals surface area contributed by atoms with Crippen molar-refractivity contribution in [3.05, 3.63) is 52.4 Å². The van der Waals surface area contributed by atoms with Crippen LogP contribution in [0.4, 0.5) is 0 Å². The van der Waals surface area contributed by atoms with E-state index in [1.165, 1.54) is 19.3 Å². The monoisotopic (exact) mass is 288 g/mol.